The van der Waals surface area contributed by atoms with E-state index in [9.17, 15) is 4.79 Å². The molecule has 1 heterocycles. The zero-order chi connectivity index (χ0) is 19.1. The number of hydrogen-bond acceptors (Lipinski definition) is 5. The summed E-state index contributed by atoms with van der Waals surface area (Å²) in [7, 11) is 0. The maximum absolute atomic E-state index is 12.7. The van der Waals surface area contributed by atoms with Crippen LogP contribution in [0.15, 0.2) is 57.9 Å². The number of rotatable bonds is 8. The van der Waals surface area contributed by atoms with Gasteiger partial charge in [0.25, 0.3) is 5.91 Å². The first-order valence-electron chi connectivity index (χ1n) is 9.07. The quantitative estimate of drug-likeness (QED) is 0.539. The zero-order valence-corrected chi connectivity index (χ0v) is 16.4. The van der Waals surface area contributed by atoms with E-state index in [0.717, 1.165) is 17.0 Å². The summed E-state index contributed by atoms with van der Waals surface area (Å²) in [4.78, 5) is 17.8. The van der Waals surface area contributed by atoms with Crippen molar-refractivity contribution in [3.05, 3.63) is 71.4 Å². The van der Waals surface area contributed by atoms with Gasteiger partial charge in [0.15, 0.2) is 5.82 Å². The van der Waals surface area contributed by atoms with Crippen molar-refractivity contribution in [1.29, 1.82) is 0 Å². The van der Waals surface area contributed by atoms with Crippen molar-refractivity contribution in [2.45, 2.75) is 43.8 Å². The highest BCUT2D eigenvalue weighted by atomic mass is 32.2. The highest BCUT2D eigenvalue weighted by Gasteiger charge is 2.13. The highest BCUT2D eigenvalue weighted by Crippen LogP contribution is 2.26. The van der Waals surface area contributed by atoms with Crippen LogP contribution in [0.2, 0.25) is 0 Å². The van der Waals surface area contributed by atoms with Gasteiger partial charge in [0.2, 0.25) is 5.89 Å². The van der Waals surface area contributed by atoms with Crippen molar-refractivity contribution < 1.29 is 9.32 Å². The second-order valence-corrected chi connectivity index (χ2v) is 7.29. The van der Waals surface area contributed by atoms with Gasteiger partial charge in [-0.15, -0.1) is 11.8 Å². The van der Waals surface area contributed by atoms with E-state index in [-0.39, 0.29) is 5.91 Å². The first-order valence-corrected chi connectivity index (χ1v) is 10.1. The van der Waals surface area contributed by atoms with Gasteiger partial charge in [-0.1, -0.05) is 42.8 Å². The van der Waals surface area contributed by atoms with Crippen molar-refractivity contribution in [2.75, 3.05) is 5.32 Å². The minimum Gasteiger partial charge on any atom is -0.338 e. The minimum atomic E-state index is -0.124. The molecule has 0 fully saturated rings. The predicted octanol–water partition coefficient (Wildman–Crippen LogP) is 5.27. The molecule has 0 unspecified atom stereocenters. The molecule has 5 nitrogen and oxygen atoms in total. The molecule has 6 heteroatoms. The lowest BCUT2D eigenvalue weighted by Gasteiger charge is -2.10. The Balaban J connectivity index is 1.65. The summed E-state index contributed by atoms with van der Waals surface area (Å²) >= 11 is 1.51. The number of aryl methyl sites for hydroxylation is 2. The molecular weight excluding hydrogens is 358 g/mol. The third-order valence-electron chi connectivity index (χ3n) is 4.08. The molecule has 0 saturated carbocycles. The molecule has 0 aliphatic rings. The van der Waals surface area contributed by atoms with E-state index < -0.39 is 0 Å². The van der Waals surface area contributed by atoms with Crippen LogP contribution in [0.3, 0.4) is 0 Å². The van der Waals surface area contributed by atoms with E-state index in [1.807, 2.05) is 36.4 Å². The molecule has 1 aromatic heterocycles. The number of thioether (sulfide) groups is 1. The van der Waals surface area contributed by atoms with Gasteiger partial charge in [0.05, 0.1) is 11.3 Å². The fourth-order valence-corrected chi connectivity index (χ4v) is 3.54. The molecule has 0 saturated heterocycles. The van der Waals surface area contributed by atoms with Crippen LogP contribution in [-0.4, -0.2) is 16.0 Å². The van der Waals surface area contributed by atoms with Crippen LogP contribution >= 0.6 is 11.8 Å². The number of carbonyl (C=O) groups excluding carboxylic acids is 1. The van der Waals surface area contributed by atoms with Crippen LogP contribution in [0.5, 0.6) is 0 Å². The molecule has 3 aromatic rings. The number of aromatic nitrogens is 2. The van der Waals surface area contributed by atoms with Crippen molar-refractivity contribution in [3.8, 4) is 0 Å². The molecule has 1 amide bonds. The lowest BCUT2D eigenvalue weighted by Crippen LogP contribution is -2.13. The standard InChI is InChI=1S/C21H23N3O2S/c1-3-4-7-16-10-12-17(13-11-16)23-21(25)18-8-5-6-9-19(18)27-14-20-22-15(2)24-26-20/h5-6,8-13H,3-4,7,14H2,1-2H3,(H,23,25). The molecule has 0 aliphatic carbocycles. The predicted molar refractivity (Wildman–Crippen MR) is 108 cm³/mol. The van der Waals surface area contributed by atoms with Gasteiger partial charge in [-0.2, -0.15) is 4.98 Å². The Kier molecular flexibility index (Phi) is 6.65. The summed E-state index contributed by atoms with van der Waals surface area (Å²) in [5.74, 6) is 1.56. The average molecular weight is 382 g/mol. The van der Waals surface area contributed by atoms with Gasteiger partial charge in [0.1, 0.15) is 0 Å². The average Bonchev–Trinajstić information content (AvgIpc) is 3.11. The summed E-state index contributed by atoms with van der Waals surface area (Å²) in [5, 5.41) is 6.77. The second kappa shape index (κ2) is 9.37. The van der Waals surface area contributed by atoms with Gasteiger partial charge in [-0.3, -0.25) is 4.79 Å². The van der Waals surface area contributed by atoms with Gasteiger partial charge >= 0.3 is 0 Å². The van der Waals surface area contributed by atoms with Crippen molar-refractivity contribution in [1.82, 2.24) is 10.1 Å². The Morgan fingerprint density at radius 3 is 2.63 bits per heavy atom. The third kappa shape index (κ3) is 5.44. The minimum absolute atomic E-state index is 0.124. The Morgan fingerprint density at radius 2 is 1.93 bits per heavy atom. The largest absolute Gasteiger partial charge is 0.338 e. The summed E-state index contributed by atoms with van der Waals surface area (Å²) in [5.41, 5.74) is 2.72. The summed E-state index contributed by atoms with van der Waals surface area (Å²) in [6.45, 7) is 3.97. The Morgan fingerprint density at radius 1 is 1.15 bits per heavy atom. The fourth-order valence-electron chi connectivity index (χ4n) is 2.65. The van der Waals surface area contributed by atoms with E-state index in [1.165, 1.54) is 30.2 Å². The van der Waals surface area contributed by atoms with Gasteiger partial charge < -0.3 is 9.84 Å². The Labute approximate surface area is 163 Å². The van der Waals surface area contributed by atoms with E-state index in [0.29, 0.717) is 23.0 Å². The van der Waals surface area contributed by atoms with E-state index in [1.54, 1.807) is 6.92 Å². The molecule has 2 aromatic carbocycles. The Bertz CT molecular complexity index is 890. The maximum Gasteiger partial charge on any atom is 0.256 e. The van der Waals surface area contributed by atoms with E-state index in [4.69, 9.17) is 4.52 Å². The van der Waals surface area contributed by atoms with Gasteiger partial charge in [0, 0.05) is 10.6 Å². The summed E-state index contributed by atoms with van der Waals surface area (Å²) in [6, 6.07) is 15.6. The normalized spacial score (nSPS) is 10.7. The van der Waals surface area contributed by atoms with Crippen LogP contribution < -0.4 is 5.32 Å². The number of nitrogens with zero attached hydrogens (tertiary/aromatic N) is 2. The van der Waals surface area contributed by atoms with E-state index in [2.05, 4.69) is 34.5 Å². The number of nitrogens with one attached hydrogen (secondary N) is 1. The molecule has 1 N–H and O–H groups in total. The molecule has 140 valence electrons. The topological polar surface area (TPSA) is 68.0 Å². The number of unbranched alkanes of at least 4 members (excludes halogenated alkanes) is 1. The molecule has 0 bridgehead atoms. The molecule has 0 atom stereocenters. The monoisotopic (exact) mass is 381 g/mol. The summed E-state index contributed by atoms with van der Waals surface area (Å²) in [6.07, 6.45) is 3.42. The molecule has 27 heavy (non-hydrogen) atoms. The molecule has 0 aliphatic heterocycles. The Hall–Kier alpha value is -2.60. The number of amides is 1. The third-order valence-corrected chi connectivity index (χ3v) is 5.14. The lowest BCUT2D eigenvalue weighted by molar-refractivity contribution is 0.102. The van der Waals surface area contributed by atoms with Gasteiger partial charge in [-0.25, -0.2) is 0 Å². The van der Waals surface area contributed by atoms with Crippen LogP contribution in [0.1, 0.15) is 47.4 Å². The first-order chi connectivity index (χ1) is 13.2. The number of hydrogen-bond donors (Lipinski definition) is 1. The van der Waals surface area contributed by atoms with Crippen LogP contribution in [0.4, 0.5) is 5.69 Å². The van der Waals surface area contributed by atoms with Crippen LogP contribution in [0.25, 0.3) is 0 Å². The fraction of sp³-hybridized carbons (Fsp3) is 0.286. The summed E-state index contributed by atoms with van der Waals surface area (Å²) < 4.78 is 5.14. The molecule has 0 spiro atoms. The smallest absolute Gasteiger partial charge is 0.256 e. The molecule has 0 radical (unpaired) electrons. The van der Waals surface area contributed by atoms with E-state index >= 15 is 0 Å². The number of carbonyl (C=O) groups is 1. The maximum atomic E-state index is 12.7. The van der Waals surface area contributed by atoms with Crippen molar-refractivity contribution in [3.63, 3.8) is 0 Å². The molecular formula is C21H23N3O2S. The highest BCUT2D eigenvalue weighted by molar-refractivity contribution is 7.98. The number of anilines is 1. The molecule has 3 rings (SSSR count). The lowest BCUT2D eigenvalue weighted by atomic mass is 10.1. The van der Waals surface area contributed by atoms with Gasteiger partial charge in [-0.05, 0) is 49.6 Å². The number of benzene rings is 2. The van der Waals surface area contributed by atoms with Crippen LogP contribution in [0, 0.1) is 6.92 Å². The van der Waals surface area contributed by atoms with Crippen molar-refractivity contribution in [2.24, 2.45) is 0 Å². The first kappa shape index (κ1) is 19.2. The van der Waals surface area contributed by atoms with Crippen LogP contribution in [-0.2, 0) is 12.2 Å². The zero-order valence-electron chi connectivity index (χ0n) is 15.6. The second-order valence-electron chi connectivity index (χ2n) is 6.27. The van der Waals surface area contributed by atoms with Crippen molar-refractivity contribution >= 4 is 23.4 Å². The SMILES string of the molecule is CCCCc1ccc(NC(=O)c2ccccc2SCc2nc(C)no2)cc1.